The highest BCUT2D eigenvalue weighted by molar-refractivity contribution is 5.73. The van der Waals surface area contributed by atoms with Gasteiger partial charge in [0.25, 0.3) is 0 Å². The van der Waals surface area contributed by atoms with Crippen molar-refractivity contribution in [1.82, 2.24) is 0 Å². The van der Waals surface area contributed by atoms with Crippen molar-refractivity contribution >= 4 is 23.5 Å². The lowest BCUT2D eigenvalue weighted by atomic mass is 10.1. The van der Waals surface area contributed by atoms with Gasteiger partial charge in [-0.15, -0.1) is 0 Å². The molecule has 3 rings (SSSR count). The Morgan fingerprint density at radius 1 is 0.844 bits per heavy atom. The molecule has 0 radical (unpaired) electrons. The summed E-state index contributed by atoms with van der Waals surface area (Å²) >= 11 is 0. The second kappa shape index (κ2) is 10.9. The van der Waals surface area contributed by atoms with E-state index in [9.17, 15) is 5.11 Å². The van der Waals surface area contributed by atoms with E-state index in [4.69, 9.17) is 19.9 Å². The highest BCUT2D eigenvalue weighted by atomic mass is 16.5. The summed E-state index contributed by atoms with van der Waals surface area (Å²) in [5.41, 5.74) is 10.0. The van der Waals surface area contributed by atoms with Crippen LogP contribution in [0.2, 0.25) is 0 Å². The lowest BCUT2D eigenvalue weighted by molar-refractivity contribution is 0.229. The van der Waals surface area contributed by atoms with Crippen molar-refractivity contribution in [3.63, 3.8) is 0 Å². The second-order valence-corrected chi connectivity index (χ2v) is 6.99. The zero-order valence-corrected chi connectivity index (χ0v) is 18.4. The molecule has 0 heterocycles. The Morgan fingerprint density at radius 3 is 2.06 bits per heavy atom. The summed E-state index contributed by atoms with van der Waals surface area (Å²) in [6.07, 6.45) is 6.57. The Morgan fingerprint density at radius 2 is 1.47 bits per heavy atom. The molecule has 0 aliphatic rings. The normalized spacial score (nSPS) is 12.1. The van der Waals surface area contributed by atoms with E-state index in [1.807, 2.05) is 60.7 Å². The van der Waals surface area contributed by atoms with Gasteiger partial charge in [0.1, 0.15) is 6.10 Å². The predicted octanol–water partition coefficient (Wildman–Crippen LogP) is 5.12. The molecule has 0 fully saturated rings. The molecule has 0 amide bonds. The van der Waals surface area contributed by atoms with E-state index in [1.54, 1.807) is 45.7 Å². The SMILES string of the molecule is COc1cc(/C=C\c2ccc(N/C=C\C(O)c3ccccc3N)cc2)cc(OC)c1OC. The summed E-state index contributed by atoms with van der Waals surface area (Å²) in [4.78, 5) is 0. The third-order valence-corrected chi connectivity index (χ3v) is 4.91. The van der Waals surface area contributed by atoms with Crippen molar-refractivity contribution in [2.75, 3.05) is 32.4 Å². The lowest BCUT2D eigenvalue weighted by Crippen LogP contribution is -2.00. The van der Waals surface area contributed by atoms with Crippen LogP contribution in [0.25, 0.3) is 12.2 Å². The number of para-hydroxylation sites is 1. The third-order valence-electron chi connectivity index (χ3n) is 4.91. The number of benzene rings is 3. The molecule has 1 atom stereocenters. The highest BCUT2D eigenvalue weighted by Gasteiger charge is 2.12. The van der Waals surface area contributed by atoms with Crippen LogP contribution in [0, 0.1) is 0 Å². The molecule has 3 aromatic rings. The van der Waals surface area contributed by atoms with Crippen molar-refractivity contribution in [3.8, 4) is 17.2 Å². The van der Waals surface area contributed by atoms with Crippen LogP contribution in [-0.2, 0) is 0 Å². The van der Waals surface area contributed by atoms with Gasteiger partial charge in [-0.1, -0.05) is 42.5 Å². The topological polar surface area (TPSA) is 86.0 Å². The highest BCUT2D eigenvalue weighted by Crippen LogP contribution is 2.38. The average Bonchev–Trinajstić information content (AvgIpc) is 2.82. The molecule has 6 nitrogen and oxygen atoms in total. The summed E-state index contributed by atoms with van der Waals surface area (Å²) in [5, 5.41) is 13.4. The van der Waals surface area contributed by atoms with Gasteiger partial charge in [-0.05, 0) is 53.7 Å². The van der Waals surface area contributed by atoms with Crippen LogP contribution in [0.5, 0.6) is 17.2 Å². The number of nitrogens with one attached hydrogen (secondary N) is 1. The molecule has 4 N–H and O–H groups in total. The smallest absolute Gasteiger partial charge is 0.203 e. The number of methoxy groups -OCH3 is 3. The van der Waals surface area contributed by atoms with Crippen LogP contribution in [0.1, 0.15) is 22.8 Å². The monoisotopic (exact) mass is 432 g/mol. The average molecular weight is 433 g/mol. The molecule has 0 saturated carbocycles. The first-order valence-corrected chi connectivity index (χ1v) is 10.1. The minimum Gasteiger partial charge on any atom is -0.493 e. The van der Waals surface area contributed by atoms with E-state index in [2.05, 4.69) is 5.32 Å². The Bertz CT molecular complexity index is 1070. The summed E-state index contributed by atoms with van der Waals surface area (Å²) in [5.74, 6) is 1.78. The van der Waals surface area contributed by atoms with Crippen molar-refractivity contribution in [2.24, 2.45) is 0 Å². The van der Waals surface area contributed by atoms with Crippen molar-refractivity contribution in [1.29, 1.82) is 0 Å². The molecule has 1 unspecified atom stereocenters. The fraction of sp³-hybridized carbons (Fsp3) is 0.154. The predicted molar refractivity (Wildman–Crippen MR) is 130 cm³/mol. The molecule has 0 aliphatic heterocycles. The zero-order valence-electron chi connectivity index (χ0n) is 18.4. The van der Waals surface area contributed by atoms with Crippen LogP contribution < -0.4 is 25.3 Å². The van der Waals surface area contributed by atoms with E-state index < -0.39 is 6.10 Å². The van der Waals surface area contributed by atoms with Crippen LogP contribution in [-0.4, -0.2) is 26.4 Å². The molecule has 166 valence electrons. The molecular formula is C26H28N2O4. The molecule has 0 aromatic heterocycles. The fourth-order valence-electron chi connectivity index (χ4n) is 3.20. The fourth-order valence-corrected chi connectivity index (χ4v) is 3.20. The standard InChI is InChI=1S/C26H28N2O4/c1-30-24-16-19(17-25(31-2)26(24)32-3)9-8-18-10-12-20(13-11-18)28-15-14-23(29)21-6-4-5-7-22(21)27/h4-17,23,28-29H,27H2,1-3H3/b9-8-,15-14-. The minimum atomic E-state index is -0.774. The number of ether oxygens (including phenoxy) is 3. The number of anilines is 2. The first-order valence-electron chi connectivity index (χ1n) is 10.1. The third kappa shape index (κ3) is 5.62. The number of aliphatic hydroxyl groups is 1. The maximum atomic E-state index is 10.3. The number of nitrogen functional groups attached to an aromatic ring is 1. The van der Waals surface area contributed by atoms with Gasteiger partial charge in [0.2, 0.25) is 5.75 Å². The summed E-state index contributed by atoms with van der Waals surface area (Å²) in [6, 6.07) is 19.0. The first-order chi connectivity index (χ1) is 15.5. The van der Waals surface area contributed by atoms with Crippen LogP contribution in [0.4, 0.5) is 11.4 Å². The molecule has 0 saturated heterocycles. The van der Waals surface area contributed by atoms with Gasteiger partial charge in [-0.25, -0.2) is 0 Å². The number of hydrogen-bond acceptors (Lipinski definition) is 6. The Hall–Kier alpha value is -3.90. The molecule has 0 bridgehead atoms. The molecule has 0 spiro atoms. The number of rotatable bonds is 9. The lowest BCUT2D eigenvalue weighted by Gasteiger charge is -2.12. The summed E-state index contributed by atoms with van der Waals surface area (Å²) < 4.78 is 16.2. The number of nitrogens with two attached hydrogens (primary N) is 1. The van der Waals surface area contributed by atoms with Gasteiger partial charge >= 0.3 is 0 Å². The van der Waals surface area contributed by atoms with Gasteiger partial charge in [0.15, 0.2) is 11.5 Å². The van der Waals surface area contributed by atoms with Gasteiger partial charge in [-0.3, -0.25) is 0 Å². The van der Waals surface area contributed by atoms with Crippen LogP contribution in [0.3, 0.4) is 0 Å². The van der Waals surface area contributed by atoms with Crippen LogP contribution in [0.15, 0.2) is 72.9 Å². The quantitative estimate of drug-likeness (QED) is 0.321. The van der Waals surface area contributed by atoms with E-state index in [-0.39, 0.29) is 0 Å². The molecule has 6 heteroatoms. The van der Waals surface area contributed by atoms with Gasteiger partial charge in [-0.2, -0.15) is 0 Å². The summed E-state index contributed by atoms with van der Waals surface area (Å²) in [7, 11) is 4.77. The summed E-state index contributed by atoms with van der Waals surface area (Å²) in [6.45, 7) is 0. The molecule has 0 aliphatic carbocycles. The van der Waals surface area contributed by atoms with Crippen molar-refractivity contribution in [2.45, 2.75) is 6.10 Å². The van der Waals surface area contributed by atoms with Gasteiger partial charge in [0.05, 0.1) is 21.3 Å². The number of aliphatic hydroxyl groups excluding tert-OH is 1. The van der Waals surface area contributed by atoms with Crippen molar-refractivity contribution < 1.29 is 19.3 Å². The van der Waals surface area contributed by atoms with Gasteiger partial charge < -0.3 is 30.4 Å². The maximum absolute atomic E-state index is 10.3. The van der Waals surface area contributed by atoms with E-state index >= 15 is 0 Å². The second-order valence-electron chi connectivity index (χ2n) is 6.99. The molecular weight excluding hydrogens is 404 g/mol. The Balaban J connectivity index is 1.65. The largest absolute Gasteiger partial charge is 0.493 e. The molecule has 32 heavy (non-hydrogen) atoms. The van der Waals surface area contributed by atoms with E-state index in [1.165, 1.54) is 0 Å². The Labute approximate surface area is 188 Å². The van der Waals surface area contributed by atoms with E-state index in [0.717, 1.165) is 16.8 Å². The van der Waals surface area contributed by atoms with E-state index in [0.29, 0.717) is 28.5 Å². The molecule has 3 aromatic carbocycles. The zero-order chi connectivity index (χ0) is 22.9. The van der Waals surface area contributed by atoms with Crippen molar-refractivity contribution in [3.05, 3.63) is 89.6 Å². The minimum absolute atomic E-state index is 0.563. The number of hydrogen-bond donors (Lipinski definition) is 3. The maximum Gasteiger partial charge on any atom is 0.203 e. The van der Waals surface area contributed by atoms with Crippen LogP contribution >= 0.6 is 0 Å². The first kappa shape index (κ1) is 22.8. The Kier molecular flexibility index (Phi) is 7.78. The van der Waals surface area contributed by atoms with Gasteiger partial charge in [0, 0.05) is 16.9 Å².